The number of nitrogens with one attached hydrogen (secondary N) is 1. The lowest BCUT2D eigenvalue weighted by atomic mass is 10.2. The average molecular weight is 537 g/mol. The Morgan fingerprint density at radius 1 is 1.00 bits per heavy atom. The topological polar surface area (TPSA) is 121 Å². The molecule has 10 nitrogen and oxygen atoms in total. The molecule has 0 atom stereocenters. The molecule has 0 unspecified atom stereocenters. The second-order valence-electron chi connectivity index (χ2n) is 7.86. The maximum Gasteiger partial charge on any atom is 0.459 e. The Balaban J connectivity index is 1.67. The Kier molecular flexibility index (Phi) is 6.61. The maximum atomic E-state index is 14.1. The van der Waals surface area contributed by atoms with Crippen LogP contribution >= 0.6 is 0 Å². The molecule has 0 saturated carbocycles. The van der Waals surface area contributed by atoms with E-state index in [0.29, 0.717) is 17.6 Å². The lowest BCUT2D eigenvalue weighted by Crippen LogP contribution is -2.36. The number of nitro groups is 1. The number of rotatable bonds is 7. The van der Waals surface area contributed by atoms with Crippen LogP contribution in [-0.2, 0) is 5.92 Å². The van der Waals surface area contributed by atoms with Crippen molar-refractivity contribution in [2.45, 2.75) is 19.0 Å². The van der Waals surface area contributed by atoms with Gasteiger partial charge in [0.1, 0.15) is 22.9 Å². The Bertz CT molecular complexity index is 1540. The lowest BCUT2D eigenvalue weighted by molar-refractivity contribution is -0.384. The Morgan fingerprint density at radius 2 is 1.66 bits per heavy atom. The number of alkyl halides is 5. The van der Waals surface area contributed by atoms with Gasteiger partial charge in [0.2, 0.25) is 0 Å². The van der Waals surface area contributed by atoms with Crippen LogP contribution in [-0.4, -0.2) is 38.7 Å². The van der Waals surface area contributed by atoms with Gasteiger partial charge in [-0.25, -0.2) is 9.50 Å². The number of carbonyl (C=O) groups excluding carboxylic acids is 1. The summed E-state index contributed by atoms with van der Waals surface area (Å²) in [6.07, 6.45) is -5.93. The number of non-ortho nitro benzene ring substituents is 1. The Morgan fingerprint density at radius 3 is 2.26 bits per heavy atom. The van der Waals surface area contributed by atoms with Gasteiger partial charge in [-0.3, -0.25) is 14.9 Å². The van der Waals surface area contributed by atoms with Crippen LogP contribution in [0.3, 0.4) is 0 Å². The maximum absolute atomic E-state index is 14.1. The van der Waals surface area contributed by atoms with Crippen LogP contribution in [0.5, 0.6) is 17.2 Å². The number of hydrogen-bond acceptors (Lipinski definition) is 7. The van der Waals surface area contributed by atoms with Crippen LogP contribution in [0.2, 0.25) is 0 Å². The fourth-order valence-electron chi connectivity index (χ4n) is 3.37. The van der Waals surface area contributed by atoms with E-state index in [1.807, 2.05) is 0 Å². The van der Waals surface area contributed by atoms with Gasteiger partial charge in [-0.05, 0) is 37.3 Å². The van der Waals surface area contributed by atoms with Gasteiger partial charge in [0.05, 0.1) is 23.8 Å². The van der Waals surface area contributed by atoms with Crippen LogP contribution in [0, 0.1) is 17.0 Å². The first-order valence-corrected chi connectivity index (χ1v) is 10.5. The highest BCUT2D eigenvalue weighted by atomic mass is 19.4. The molecule has 1 N–H and O–H groups in total. The molecule has 38 heavy (non-hydrogen) atoms. The zero-order chi connectivity index (χ0) is 27.8. The van der Waals surface area contributed by atoms with Gasteiger partial charge in [0.15, 0.2) is 11.3 Å². The number of fused-ring (bicyclic) bond motifs is 1. The summed E-state index contributed by atoms with van der Waals surface area (Å²) in [5.74, 6) is -5.53. The summed E-state index contributed by atoms with van der Waals surface area (Å²) in [4.78, 5) is 27.3. The van der Waals surface area contributed by atoms with Crippen LogP contribution in [0.15, 0.2) is 54.6 Å². The molecule has 0 aliphatic carbocycles. The minimum atomic E-state index is -5.93. The number of aryl methyl sites for hydroxylation is 1. The minimum absolute atomic E-state index is 0.0286. The summed E-state index contributed by atoms with van der Waals surface area (Å²) in [7, 11) is 1.47. The molecular weight excluding hydrogens is 521 g/mol. The number of amides is 1. The quantitative estimate of drug-likeness (QED) is 0.184. The SMILES string of the molecule is COc1ccc(Oc2cc(NC(=O)c3cc4nc(C)cc(C(F)(F)C(F)(F)F)n4n3)cc([N+](=O)[O-])c2)cc1. The third-order valence-corrected chi connectivity index (χ3v) is 5.12. The van der Waals surface area contributed by atoms with E-state index < -0.39 is 45.7 Å². The molecule has 198 valence electrons. The van der Waals surface area contributed by atoms with Crippen molar-refractivity contribution in [2.24, 2.45) is 0 Å². The standard InChI is InChI=1S/C23H16F5N5O5/c1-12-7-19(22(24,25)23(26,27)28)32-20(29-12)11-18(31-32)21(34)30-13-8-14(33(35)36)10-17(9-13)38-16-5-3-15(37-2)4-6-16/h3-11H,1-2H3,(H,30,34). The summed E-state index contributed by atoms with van der Waals surface area (Å²) in [6, 6.07) is 11.0. The van der Waals surface area contributed by atoms with Crippen molar-refractivity contribution >= 4 is 22.9 Å². The van der Waals surface area contributed by atoms with Crippen molar-refractivity contribution in [1.82, 2.24) is 14.6 Å². The van der Waals surface area contributed by atoms with Gasteiger partial charge in [0.25, 0.3) is 11.6 Å². The van der Waals surface area contributed by atoms with Crippen LogP contribution < -0.4 is 14.8 Å². The van der Waals surface area contributed by atoms with E-state index in [0.717, 1.165) is 18.2 Å². The lowest BCUT2D eigenvalue weighted by Gasteiger charge is -2.20. The summed E-state index contributed by atoms with van der Waals surface area (Å²) in [5.41, 5.74) is -3.28. The molecule has 0 spiro atoms. The number of benzene rings is 2. The van der Waals surface area contributed by atoms with E-state index in [-0.39, 0.29) is 21.6 Å². The van der Waals surface area contributed by atoms with Gasteiger partial charge in [-0.15, -0.1) is 0 Å². The highest BCUT2D eigenvalue weighted by molar-refractivity contribution is 6.03. The molecule has 0 radical (unpaired) electrons. The zero-order valence-electron chi connectivity index (χ0n) is 19.4. The molecule has 15 heteroatoms. The first-order chi connectivity index (χ1) is 17.8. The first-order valence-electron chi connectivity index (χ1n) is 10.5. The van der Waals surface area contributed by atoms with Crippen molar-refractivity contribution in [3.63, 3.8) is 0 Å². The summed E-state index contributed by atoms with van der Waals surface area (Å²) < 4.78 is 78.1. The molecule has 1 amide bonds. The van der Waals surface area contributed by atoms with Gasteiger partial charge in [-0.1, -0.05) is 0 Å². The molecule has 0 bridgehead atoms. The number of ether oxygens (including phenoxy) is 2. The Labute approximate surface area is 209 Å². The number of anilines is 1. The largest absolute Gasteiger partial charge is 0.497 e. The van der Waals surface area contributed by atoms with Crippen LogP contribution in [0.4, 0.5) is 33.3 Å². The number of nitrogens with zero attached hydrogens (tertiary/aromatic N) is 4. The predicted molar refractivity (Wildman–Crippen MR) is 122 cm³/mol. The second-order valence-corrected chi connectivity index (χ2v) is 7.86. The third-order valence-electron chi connectivity index (χ3n) is 5.12. The van der Waals surface area contributed by atoms with Crippen LogP contribution in [0.25, 0.3) is 5.65 Å². The molecule has 2 aromatic heterocycles. The molecule has 4 rings (SSSR count). The van der Waals surface area contributed by atoms with E-state index in [1.54, 1.807) is 12.1 Å². The van der Waals surface area contributed by atoms with Crippen molar-refractivity contribution in [3.8, 4) is 17.2 Å². The van der Waals surface area contributed by atoms with Gasteiger partial charge in [-0.2, -0.15) is 27.1 Å². The first kappa shape index (κ1) is 26.2. The number of halogens is 5. The fourth-order valence-corrected chi connectivity index (χ4v) is 3.37. The molecule has 0 saturated heterocycles. The number of methoxy groups -OCH3 is 1. The molecule has 0 aliphatic heterocycles. The van der Waals surface area contributed by atoms with Crippen molar-refractivity contribution in [2.75, 3.05) is 12.4 Å². The highest BCUT2D eigenvalue weighted by Crippen LogP contribution is 2.44. The number of aromatic nitrogens is 3. The van der Waals surface area contributed by atoms with Crippen LogP contribution in [0.1, 0.15) is 21.9 Å². The zero-order valence-corrected chi connectivity index (χ0v) is 19.4. The van der Waals surface area contributed by atoms with E-state index in [2.05, 4.69) is 15.4 Å². The number of hydrogen-bond donors (Lipinski definition) is 1. The molecule has 2 heterocycles. The van der Waals surface area contributed by atoms with Gasteiger partial charge in [0, 0.05) is 23.9 Å². The number of carbonyl (C=O) groups is 1. The Hall–Kier alpha value is -4.82. The normalized spacial score (nSPS) is 11.9. The van der Waals surface area contributed by atoms with E-state index in [1.165, 1.54) is 32.2 Å². The van der Waals surface area contributed by atoms with E-state index in [4.69, 9.17) is 9.47 Å². The molecule has 0 aliphatic rings. The third kappa shape index (κ3) is 5.16. The smallest absolute Gasteiger partial charge is 0.459 e. The highest BCUT2D eigenvalue weighted by Gasteiger charge is 2.60. The summed E-state index contributed by atoms with van der Waals surface area (Å²) in [6.45, 7) is 1.20. The molecular formula is C23H16F5N5O5. The van der Waals surface area contributed by atoms with Gasteiger partial charge >= 0.3 is 12.1 Å². The van der Waals surface area contributed by atoms with E-state index >= 15 is 0 Å². The molecule has 4 aromatic rings. The fraction of sp³-hybridized carbons (Fsp3) is 0.174. The summed E-state index contributed by atoms with van der Waals surface area (Å²) in [5, 5.41) is 17.3. The number of nitro benzene ring substituents is 1. The molecule has 2 aromatic carbocycles. The molecule has 0 fully saturated rings. The van der Waals surface area contributed by atoms with E-state index in [9.17, 15) is 36.9 Å². The minimum Gasteiger partial charge on any atom is -0.497 e. The van der Waals surface area contributed by atoms with Crippen molar-refractivity contribution < 1.29 is 41.1 Å². The summed E-state index contributed by atoms with van der Waals surface area (Å²) >= 11 is 0. The van der Waals surface area contributed by atoms with Gasteiger partial charge < -0.3 is 14.8 Å². The van der Waals surface area contributed by atoms with Crippen molar-refractivity contribution in [1.29, 1.82) is 0 Å². The monoisotopic (exact) mass is 537 g/mol. The average Bonchev–Trinajstić information content (AvgIpc) is 3.27. The predicted octanol–water partition coefficient (Wildman–Crippen LogP) is 5.65. The van der Waals surface area contributed by atoms with Crippen molar-refractivity contribution in [3.05, 3.63) is 81.8 Å². The second kappa shape index (κ2) is 9.57.